The first kappa shape index (κ1) is 16.6. The zero-order valence-electron chi connectivity index (χ0n) is 13.9. The molecule has 0 amide bonds. The zero-order valence-corrected chi connectivity index (χ0v) is 14.7. The van der Waals surface area contributed by atoms with Crippen LogP contribution in [0.15, 0.2) is 60.1 Å². The summed E-state index contributed by atoms with van der Waals surface area (Å²) in [6, 6.07) is 16.8. The van der Waals surface area contributed by atoms with Crippen LogP contribution in [0, 0.1) is 0 Å². The minimum atomic E-state index is 0.164. The van der Waals surface area contributed by atoms with Crippen LogP contribution in [0.4, 0.5) is 11.4 Å². The first-order valence-corrected chi connectivity index (χ1v) is 8.96. The second kappa shape index (κ2) is 8.04. The maximum Gasteiger partial charge on any atom is 0.0606 e. The van der Waals surface area contributed by atoms with Crippen LogP contribution in [0.25, 0.3) is 0 Å². The van der Waals surface area contributed by atoms with Crippen LogP contribution in [0.3, 0.4) is 0 Å². The van der Waals surface area contributed by atoms with Crippen LogP contribution in [0.1, 0.15) is 10.6 Å². The average Bonchev–Trinajstić information content (AvgIpc) is 3.26. The highest BCUT2D eigenvalue weighted by Crippen LogP contribution is 2.18. The minimum absolute atomic E-state index is 0.164. The van der Waals surface area contributed by atoms with Gasteiger partial charge in [0.25, 0.3) is 0 Å². The smallest absolute Gasteiger partial charge is 0.0606 e. The molecule has 126 valence electrons. The first-order valence-electron chi connectivity index (χ1n) is 8.08. The molecule has 0 unspecified atom stereocenters. The van der Waals surface area contributed by atoms with E-state index < -0.39 is 0 Å². The second-order valence-corrected chi connectivity index (χ2v) is 6.78. The molecule has 24 heavy (non-hydrogen) atoms. The minimum Gasteiger partial charge on any atom is -0.395 e. The molecule has 0 aliphatic heterocycles. The summed E-state index contributed by atoms with van der Waals surface area (Å²) in [6.07, 6.45) is 2.13. The topological polar surface area (TPSA) is 40.4 Å². The van der Waals surface area contributed by atoms with Crippen LogP contribution in [-0.4, -0.2) is 29.9 Å². The molecule has 2 aromatic heterocycles. The van der Waals surface area contributed by atoms with E-state index in [1.807, 2.05) is 11.9 Å². The normalized spacial score (nSPS) is 10.8. The Kier molecular flexibility index (Phi) is 5.56. The highest BCUT2D eigenvalue weighted by Gasteiger charge is 2.04. The molecule has 0 spiro atoms. The van der Waals surface area contributed by atoms with Gasteiger partial charge in [-0.25, -0.2) is 0 Å². The molecule has 0 bridgehead atoms. The number of likely N-dealkylation sites (N-methyl/N-ethyl adjacent to an activating group) is 1. The van der Waals surface area contributed by atoms with Crippen molar-refractivity contribution in [3.8, 4) is 0 Å². The van der Waals surface area contributed by atoms with Crippen molar-refractivity contribution >= 4 is 22.7 Å². The fourth-order valence-corrected chi connectivity index (χ4v) is 3.34. The molecule has 4 nitrogen and oxygen atoms in total. The van der Waals surface area contributed by atoms with Gasteiger partial charge in [-0.3, -0.25) is 0 Å². The van der Waals surface area contributed by atoms with Crippen LogP contribution >= 0.6 is 11.3 Å². The zero-order chi connectivity index (χ0) is 16.8. The third kappa shape index (κ3) is 4.19. The number of nitrogens with zero attached hydrogens (tertiary/aromatic N) is 2. The molecule has 0 atom stereocenters. The van der Waals surface area contributed by atoms with E-state index in [0.717, 1.165) is 24.5 Å². The maximum atomic E-state index is 9.00. The summed E-state index contributed by atoms with van der Waals surface area (Å²) in [6.45, 7) is 2.53. The van der Waals surface area contributed by atoms with E-state index in [9.17, 15) is 0 Å². The maximum absolute atomic E-state index is 9.00. The van der Waals surface area contributed by atoms with E-state index >= 15 is 0 Å². The number of aliphatic hydroxyl groups excluding tert-OH is 1. The number of hydrogen-bond donors (Lipinski definition) is 2. The van der Waals surface area contributed by atoms with Crippen LogP contribution in [0.2, 0.25) is 0 Å². The van der Waals surface area contributed by atoms with Gasteiger partial charge >= 0.3 is 0 Å². The molecule has 2 heterocycles. The van der Waals surface area contributed by atoms with Crippen molar-refractivity contribution in [3.05, 3.63) is 70.7 Å². The Balaban J connectivity index is 1.59. The molecule has 5 heteroatoms. The average molecular weight is 341 g/mol. The predicted molar refractivity (Wildman–Crippen MR) is 102 cm³/mol. The Morgan fingerprint density at radius 2 is 1.96 bits per heavy atom. The number of nitrogens with one attached hydrogen (secondary N) is 1. The lowest BCUT2D eigenvalue weighted by molar-refractivity contribution is 0.304. The summed E-state index contributed by atoms with van der Waals surface area (Å²) in [5.74, 6) is 0. The van der Waals surface area contributed by atoms with Crippen molar-refractivity contribution in [1.82, 2.24) is 4.57 Å². The van der Waals surface area contributed by atoms with Gasteiger partial charge in [-0.1, -0.05) is 6.07 Å². The predicted octanol–water partition coefficient (Wildman–Crippen LogP) is 3.64. The Bertz CT molecular complexity index is 734. The fraction of sp³-hybridized carbons (Fsp3) is 0.263. The van der Waals surface area contributed by atoms with E-state index in [1.54, 1.807) is 11.3 Å². The van der Waals surface area contributed by atoms with Crippen molar-refractivity contribution in [2.45, 2.75) is 13.1 Å². The molecular formula is C19H23N3OS. The summed E-state index contributed by atoms with van der Waals surface area (Å²) in [7, 11) is 1.98. The van der Waals surface area contributed by atoms with Gasteiger partial charge in [0, 0.05) is 41.7 Å². The third-order valence-corrected chi connectivity index (χ3v) is 4.91. The van der Waals surface area contributed by atoms with Gasteiger partial charge in [-0.15, -0.1) is 11.3 Å². The molecule has 0 fully saturated rings. The van der Waals surface area contributed by atoms with E-state index in [-0.39, 0.29) is 6.61 Å². The second-order valence-electron chi connectivity index (χ2n) is 5.75. The van der Waals surface area contributed by atoms with Gasteiger partial charge in [-0.2, -0.15) is 0 Å². The SMILES string of the molecule is CN(CCO)c1ccc(NCc2cccn2Cc2cccs2)cc1. The van der Waals surface area contributed by atoms with Crippen molar-refractivity contribution in [3.63, 3.8) is 0 Å². The summed E-state index contributed by atoms with van der Waals surface area (Å²) in [4.78, 5) is 3.40. The third-order valence-electron chi connectivity index (χ3n) is 4.05. The number of aliphatic hydroxyl groups is 1. The molecule has 3 rings (SSSR count). The first-order chi connectivity index (χ1) is 11.8. The highest BCUT2D eigenvalue weighted by atomic mass is 32.1. The number of thiophene rings is 1. The molecule has 1 aromatic carbocycles. The summed E-state index contributed by atoms with van der Waals surface area (Å²) in [5, 5.41) is 14.6. The quantitative estimate of drug-likeness (QED) is 0.657. The fourth-order valence-electron chi connectivity index (χ4n) is 2.64. The van der Waals surface area contributed by atoms with Crippen LogP contribution in [0.5, 0.6) is 0 Å². The number of anilines is 2. The van der Waals surface area contributed by atoms with Crippen molar-refractivity contribution in [2.75, 3.05) is 30.4 Å². The van der Waals surface area contributed by atoms with Crippen LogP contribution in [-0.2, 0) is 13.1 Å². The molecule has 0 aliphatic rings. The van der Waals surface area contributed by atoms with E-state index in [1.165, 1.54) is 10.6 Å². The van der Waals surface area contributed by atoms with Crippen molar-refractivity contribution in [1.29, 1.82) is 0 Å². The van der Waals surface area contributed by atoms with E-state index in [2.05, 4.69) is 70.0 Å². The van der Waals surface area contributed by atoms with Gasteiger partial charge in [0.15, 0.2) is 0 Å². The lowest BCUT2D eigenvalue weighted by Crippen LogP contribution is -2.20. The van der Waals surface area contributed by atoms with E-state index in [0.29, 0.717) is 6.54 Å². The molecule has 0 saturated heterocycles. The molecular weight excluding hydrogens is 318 g/mol. The van der Waals surface area contributed by atoms with Crippen molar-refractivity contribution < 1.29 is 5.11 Å². The molecule has 2 N–H and O–H groups in total. The van der Waals surface area contributed by atoms with Crippen molar-refractivity contribution in [2.24, 2.45) is 0 Å². The molecule has 0 radical (unpaired) electrons. The lowest BCUT2D eigenvalue weighted by Gasteiger charge is -2.18. The van der Waals surface area contributed by atoms with Gasteiger partial charge in [0.05, 0.1) is 19.7 Å². The number of rotatable bonds is 8. The molecule has 0 saturated carbocycles. The lowest BCUT2D eigenvalue weighted by atomic mass is 10.2. The summed E-state index contributed by atoms with van der Waals surface area (Å²) in [5.41, 5.74) is 3.47. The van der Waals surface area contributed by atoms with Crippen LogP contribution < -0.4 is 10.2 Å². The Hall–Kier alpha value is -2.24. The van der Waals surface area contributed by atoms with Gasteiger partial charge in [0.2, 0.25) is 0 Å². The summed E-state index contributed by atoms with van der Waals surface area (Å²) >= 11 is 1.79. The van der Waals surface area contributed by atoms with Gasteiger partial charge in [0.1, 0.15) is 0 Å². The standard InChI is InChI=1S/C19H23N3OS/c1-21(11-12-23)17-8-6-16(7-9-17)20-14-18-4-2-10-22(18)15-19-5-3-13-24-19/h2-10,13,20,23H,11-12,14-15H2,1H3. The number of hydrogen-bond acceptors (Lipinski definition) is 4. The number of aromatic nitrogens is 1. The Labute approximate surface area is 147 Å². The largest absolute Gasteiger partial charge is 0.395 e. The Morgan fingerprint density at radius 3 is 2.67 bits per heavy atom. The van der Waals surface area contributed by atoms with E-state index in [4.69, 9.17) is 5.11 Å². The van der Waals surface area contributed by atoms with Gasteiger partial charge < -0.3 is 19.9 Å². The molecule has 3 aromatic rings. The number of benzene rings is 1. The monoisotopic (exact) mass is 341 g/mol. The molecule has 0 aliphatic carbocycles. The van der Waals surface area contributed by atoms with Gasteiger partial charge in [-0.05, 0) is 47.8 Å². The Morgan fingerprint density at radius 1 is 1.12 bits per heavy atom. The highest BCUT2D eigenvalue weighted by molar-refractivity contribution is 7.09. The summed E-state index contributed by atoms with van der Waals surface area (Å²) < 4.78 is 2.28.